The number of phosphoric ester groups is 2. The zero-order valence-corrected chi connectivity index (χ0v) is 63.9. The maximum atomic E-state index is 12.9. The summed E-state index contributed by atoms with van der Waals surface area (Å²) in [6.07, 6.45) is 86.8. The van der Waals surface area contributed by atoms with E-state index in [-0.39, 0.29) is 19.3 Å². The molecule has 570 valence electrons. The number of ether oxygens (including phenoxy) is 3. The SMILES string of the molecule is CC/C=C\C/C=C\C/C=C\C/C=C\C/C=C\C/C=C\CCCCCCCCCCCCC(=O)OCC(O)COP(=O)(O)OCC(O)COP(=O)(O)OCC(COC(=O)CCCCCCCCC/C=C\C/C=C\C/C=C\C/C=C\CCCCC)OC(=O)CCCCCCCCCCCCC. The molecule has 0 aromatic carbocycles. The second kappa shape index (κ2) is 73.7. The molecular weight excluding hydrogens is 1290 g/mol. The first kappa shape index (κ1) is 94.9. The number of unbranched alkanes of at least 4 members (excludes halogenated alkanes) is 30. The maximum absolute atomic E-state index is 12.9. The van der Waals surface area contributed by atoms with Crippen LogP contribution >= 0.6 is 15.6 Å². The molecule has 0 aliphatic heterocycles. The molecule has 0 amide bonds. The molecule has 16 nitrogen and oxygen atoms in total. The summed E-state index contributed by atoms with van der Waals surface area (Å²) in [4.78, 5) is 58.5. The van der Waals surface area contributed by atoms with Gasteiger partial charge in [0.2, 0.25) is 0 Å². The normalized spacial score (nSPS) is 14.7. The van der Waals surface area contributed by atoms with Gasteiger partial charge in [0.1, 0.15) is 25.4 Å². The minimum absolute atomic E-state index is 0.103. The molecule has 99 heavy (non-hydrogen) atoms. The standard InChI is InChI=1S/C81H140O16P2/c1-4-7-10-13-16-19-22-24-26-28-30-32-34-35-36-37-38-39-41-43-44-46-48-50-53-55-58-61-64-67-79(84)91-70-76(82)71-93-98(87,88)94-72-77(83)73-95-99(89,90)96-75-78(97-81(86)69-66-63-60-57-52-21-18-15-12-9-6-3)74-92-80(85)68-65-62-59-56-54-51-49-47-45-42-40-33-31-29-27-25-23-20-17-14-11-8-5-2/h7,10,16-17,19-20,24-27,30-33,35-36,38-39,42,45,76-78,82-83H,4-6,8-9,11-15,18,21-23,28-29,34,37,40-41,43-44,46-75H2,1-3H3,(H,87,88)(H,89,90)/b10-7-,19-16-,20-17-,26-24-,27-25-,32-30-,33-31-,36-35-,39-38-,45-42-. The summed E-state index contributed by atoms with van der Waals surface area (Å²) in [5.41, 5.74) is 0. The third-order valence-corrected chi connectivity index (χ3v) is 18.1. The van der Waals surface area contributed by atoms with Crippen LogP contribution in [0.3, 0.4) is 0 Å². The number of carbonyl (C=O) groups is 3. The third-order valence-electron chi connectivity index (χ3n) is 16.2. The van der Waals surface area contributed by atoms with Crippen molar-refractivity contribution in [1.29, 1.82) is 0 Å². The Bertz CT molecular complexity index is 2290. The van der Waals surface area contributed by atoms with E-state index in [9.17, 15) is 43.5 Å². The van der Waals surface area contributed by atoms with E-state index in [4.69, 9.17) is 32.3 Å². The zero-order chi connectivity index (χ0) is 72.3. The summed E-state index contributed by atoms with van der Waals surface area (Å²) >= 11 is 0. The summed E-state index contributed by atoms with van der Waals surface area (Å²) < 4.78 is 61.0. The fourth-order valence-corrected chi connectivity index (χ4v) is 11.8. The molecule has 0 aromatic rings. The molecule has 18 heteroatoms. The second-order valence-corrected chi connectivity index (χ2v) is 28.7. The van der Waals surface area contributed by atoms with Gasteiger partial charge in [-0.05, 0) is 116 Å². The smallest absolute Gasteiger partial charge is 0.463 e. The third kappa shape index (κ3) is 74.9. The maximum Gasteiger partial charge on any atom is 0.472 e. The lowest BCUT2D eigenvalue weighted by Gasteiger charge is -2.21. The van der Waals surface area contributed by atoms with Crippen LogP contribution < -0.4 is 0 Å². The van der Waals surface area contributed by atoms with Gasteiger partial charge in [-0.15, -0.1) is 0 Å². The molecule has 0 spiro atoms. The van der Waals surface area contributed by atoms with Crippen molar-refractivity contribution in [1.82, 2.24) is 0 Å². The van der Waals surface area contributed by atoms with Gasteiger partial charge < -0.3 is 34.2 Å². The first-order chi connectivity index (χ1) is 48.2. The van der Waals surface area contributed by atoms with Crippen LogP contribution in [-0.2, 0) is 55.8 Å². The largest absolute Gasteiger partial charge is 0.472 e. The van der Waals surface area contributed by atoms with Crippen molar-refractivity contribution in [2.75, 3.05) is 39.6 Å². The monoisotopic (exact) mass is 1430 g/mol. The predicted octanol–water partition coefficient (Wildman–Crippen LogP) is 22.5. The number of esters is 3. The molecule has 0 radical (unpaired) electrons. The van der Waals surface area contributed by atoms with Gasteiger partial charge in [0.15, 0.2) is 6.10 Å². The molecule has 0 saturated carbocycles. The zero-order valence-electron chi connectivity index (χ0n) is 62.1. The van der Waals surface area contributed by atoms with E-state index >= 15 is 0 Å². The highest BCUT2D eigenvalue weighted by atomic mass is 31.2. The molecule has 0 rings (SSSR count). The minimum atomic E-state index is -4.93. The van der Waals surface area contributed by atoms with E-state index in [0.717, 1.165) is 161 Å². The van der Waals surface area contributed by atoms with E-state index in [1.807, 2.05) is 0 Å². The van der Waals surface area contributed by atoms with E-state index in [2.05, 4.69) is 142 Å². The Morgan fingerprint density at radius 2 is 0.535 bits per heavy atom. The average molecular weight is 1430 g/mol. The molecular formula is C81H140O16P2. The van der Waals surface area contributed by atoms with Crippen LogP contribution in [-0.4, -0.2) is 95.9 Å². The molecule has 0 saturated heterocycles. The molecule has 0 fully saturated rings. The lowest BCUT2D eigenvalue weighted by atomic mass is 10.1. The molecule has 4 N–H and O–H groups in total. The van der Waals surface area contributed by atoms with Gasteiger partial charge in [0.25, 0.3) is 0 Å². The Morgan fingerprint density at radius 1 is 0.293 bits per heavy atom. The molecule has 0 aliphatic carbocycles. The lowest BCUT2D eigenvalue weighted by molar-refractivity contribution is -0.161. The first-order valence-electron chi connectivity index (χ1n) is 38.8. The Kier molecular flexibility index (Phi) is 70.7. The summed E-state index contributed by atoms with van der Waals surface area (Å²) in [7, 11) is -9.78. The van der Waals surface area contributed by atoms with Crippen LogP contribution in [0.4, 0.5) is 0 Å². The van der Waals surface area contributed by atoms with Gasteiger partial charge in [-0.2, -0.15) is 0 Å². The van der Waals surface area contributed by atoms with Gasteiger partial charge in [0, 0.05) is 19.3 Å². The van der Waals surface area contributed by atoms with Crippen LogP contribution in [0.15, 0.2) is 122 Å². The Balaban J connectivity index is 4.47. The number of aliphatic hydroxyl groups is 2. The summed E-state index contributed by atoms with van der Waals surface area (Å²) in [5.74, 6) is -1.58. The predicted molar refractivity (Wildman–Crippen MR) is 408 cm³/mol. The van der Waals surface area contributed by atoms with E-state index in [0.29, 0.717) is 19.3 Å². The van der Waals surface area contributed by atoms with Crippen LogP contribution in [0.2, 0.25) is 0 Å². The number of aliphatic hydroxyl groups excluding tert-OH is 2. The van der Waals surface area contributed by atoms with Crippen molar-refractivity contribution in [3.8, 4) is 0 Å². The molecule has 0 bridgehead atoms. The van der Waals surface area contributed by atoms with Crippen LogP contribution in [0.1, 0.15) is 316 Å². The molecule has 5 atom stereocenters. The molecule has 0 heterocycles. The fraction of sp³-hybridized carbons (Fsp3) is 0.716. The number of carbonyl (C=O) groups excluding carboxylic acids is 3. The van der Waals surface area contributed by atoms with Crippen molar-refractivity contribution in [3.63, 3.8) is 0 Å². The summed E-state index contributed by atoms with van der Waals surface area (Å²) in [5, 5.41) is 20.6. The number of hydrogen-bond donors (Lipinski definition) is 4. The van der Waals surface area contributed by atoms with Crippen LogP contribution in [0, 0.1) is 0 Å². The highest BCUT2D eigenvalue weighted by Crippen LogP contribution is 2.45. The highest BCUT2D eigenvalue weighted by Gasteiger charge is 2.29. The topological polar surface area (TPSA) is 231 Å². The number of hydrogen-bond acceptors (Lipinski definition) is 14. The number of rotatable bonds is 73. The van der Waals surface area contributed by atoms with Crippen molar-refractivity contribution >= 4 is 33.6 Å². The highest BCUT2D eigenvalue weighted by molar-refractivity contribution is 7.47. The van der Waals surface area contributed by atoms with Gasteiger partial charge in [-0.25, -0.2) is 9.13 Å². The van der Waals surface area contributed by atoms with E-state index in [1.54, 1.807) is 0 Å². The summed E-state index contributed by atoms with van der Waals surface area (Å²) in [6.45, 7) is 2.52. The van der Waals surface area contributed by atoms with Crippen LogP contribution in [0.25, 0.3) is 0 Å². The van der Waals surface area contributed by atoms with Crippen molar-refractivity contribution in [2.24, 2.45) is 0 Å². The lowest BCUT2D eigenvalue weighted by Crippen LogP contribution is -2.30. The van der Waals surface area contributed by atoms with Crippen molar-refractivity contribution in [2.45, 2.75) is 334 Å². The van der Waals surface area contributed by atoms with Gasteiger partial charge in [0.05, 0.1) is 26.4 Å². The minimum Gasteiger partial charge on any atom is -0.463 e. The summed E-state index contributed by atoms with van der Waals surface area (Å²) in [6, 6.07) is 0. The van der Waals surface area contributed by atoms with E-state index < -0.39 is 91.5 Å². The molecule has 0 aromatic heterocycles. The van der Waals surface area contributed by atoms with Crippen molar-refractivity contribution < 1.29 is 75.8 Å². The van der Waals surface area contributed by atoms with Crippen LogP contribution in [0.5, 0.6) is 0 Å². The Hall–Kier alpha value is -4.05. The number of allylic oxidation sites excluding steroid dienone is 20. The van der Waals surface area contributed by atoms with Gasteiger partial charge in [-0.1, -0.05) is 303 Å². The molecule has 0 aliphatic rings. The fourth-order valence-electron chi connectivity index (χ4n) is 10.3. The average Bonchev–Trinajstić information content (AvgIpc) is 1.26. The quantitative estimate of drug-likeness (QED) is 0.0146. The number of phosphoric acid groups is 2. The van der Waals surface area contributed by atoms with Crippen molar-refractivity contribution in [3.05, 3.63) is 122 Å². The van der Waals surface area contributed by atoms with Gasteiger partial charge in [-0.3, -0.25) is 32.5 Å². The second-order valence-electron chi connectivity index (χ2n) is 25.8. The van der Waals surface area contributed by atoms with E-state index in [1.165, 1.54) is 96.3 Å². The molecule has 5 unspecified atom stereocenters. The Morgan fingerprint density at radius 3 is 0.869 bits per heavy atom. The van der Waals surface area contributed by atoms with Gasteiger partial charge >= 0.3 is 33.6 Å². The Labute approximate surface area is 602 Å². The first-order valence-corrected chi connectivity index (χ1v) is 41.8.